The van der Waals surface area contributed by atoms with E-state index in [-0.39, 0.29) is 17.7 Å². The van der Waals surface area contributed by atoms with Crippen molar-refractivity contribution in [1.82, 2.24) is 4.90 Å². The average Bonchev–Trinajstić information content (AvgIpc) is 2.53. The van der Waals surface area contributed by atoms with Crippen LogP contribution < -0.4 is 10.5 Å². The number of ether oxygens (including phenoxy) is 1. The molecule has 0 saturated carbocycles. The highest BCUT2D eigenvalue weighted by molar-refractivity contribution is 6.32. The molecule has 6 heteroatoms. The summed E-state index contributed by atoms with van der Waals surface area (Å²) in [7, 11) is 0. The first-order valence-electron chi connectivity index (χ1n) is 7.52. The molecule has 1 fully saturated rings. The van der Waals surface area contributed by atoms with Gasteiger partial charge in [0.25, 0.3) is 5.91 Å². The standard InChI is InChI=1S/C16H21ClN2O3/c1-2-13(22-14-6-4-3-5-12(14)17)16(21)19-9-7-11(8-10-19)15(18)20/h3-6,11,13H,2,7-10H2,1H3,(H2,18,20)/t13-/m0/s1. The molecule has 0 radical (unpaired) electrons. The van der Waals surface area contributed by atoms with Crippen LogP contribution in [0.4, 0.5) is 0 Å². The van der Waals surface area contributed by atoms with E-state index < -0.39 is 6.10 Å². The Labute approximate surface area is 135 Å². The summed E-state index contributed by atoms with van der Waals surface area (Å²) in [5.74, 6) is 0.0294. The number of likely N-dealkylation sites (tertiary alicyclic amines) is 1. The molecule has 1 aliphatic rings. The number of hydrogen-bond donors (Lipinski definition) is 1. The minimum Gasteiger partial charge on any atom is -0.479 e. The number of primary amides is 1. The number of nitrogens with two attached hydrogens (primary N) is 1. The van der Waals surface area contributed by atoms with Crippen molar-refractivity contribution in [3.63, 3.8) is 0 Å². The third kappa shape index (κ3) is 3.91. The van der Waals surface area contributed by atoms with Crippen LogP contribution in [0.25, 0.3) is 0 Å². The number of piperidine rings is 1. The van der Waals surface area contributed by atoms with E-state index in [1.165, 1.54) is 0 Å². The van der Waals surface area contributed by atoms with Crippen LogP contribution >= 0.6 is 11.6 Å². The van der Waals surface area contributed by atoms with Crippen LogP contribution in [-0.2, 0) is 9.59 Å². The van der Waals surface area contributed by atoms with Crippen molar-refractivity contribution in [3.05, 3.63) is 29.3 Å². The largest absolute Gasteiger partial charge is 0.479 e. The number of halogens is 1. The van der Waals surface area contributed by atoms with Crippen molar-refractivity contribution in [3.8, 4) is 5.75 Å². The zero-order chi connectivity index (χ0) is 16.1. The van der Waals surface area contributed by atoms with Crippen LogP contribution in [0.3, 0.4) is 0 Å². The van der Waals surface area contributed by atoms with Gasteiger partial charge in [0.1, 0.15) is 5.75 Å². The monoisotopic (exact) mass is 324 g/mol. The Morgan fingerprint density at radius 1 is 1.36 bits per heavy atom. The summed E-state index contributed by atoms with van der Waals surface area (Å²) in [6.45, 7) is 2.97. The first kappa shape index (κ1) is 16.6. The lowest BCUT2D eigenvalue weighted by Gasteiger charge is -2.33. The van der Waals surface area contributed by atoms with E-state index in [1.807, 2.05) is 19.1 Å². The van der Waals surface area contributed by atoms with E-state index in [4.69, 9.17) is 22.1 Å². The Kier molecular flexibility index (Phi) is 5.66. The molecule has 0 aliphatic carbocycles. The summed E-state index contributed by atoms with van der Waals surface area (Å²) in [6, 6.07) is 7.10. The number of rotatable bonds is 5. The van der Waals surface area contributed by atoms with Crippen molar-refractivity contribution in [2.24, 2.45) is 11.7 Å². The maximum atomic E-state index is 12.6. The molecule has 1 aliphatic heterocycles. The lowest BCUT2D eigenvalue weighted by atomic mass is 9.96. The number of carbonyl (C=O) groups is 2. The quantitative estimate of drug-likeness (QED) is 0.902. The molecule has 1 heterocycles. The van der Waals surface area contributed by atoms with Crippen molar-refractivity contribution in [2.45, 2.75) is 32.3 Å². The number of para-hydroxylation sites is 1. The van der Waals surface area contributed by atoms with Crippen molar-refractivity contribution in [1.29, 1.82) is 0 Å². The van der Waals surface area contributed by atoms with Gasteiger partial charge in [-0.2, -0.15) is 0 Å². The molecule has 0 bridgehead atoms. The molecule has 2 rings (SSSR count). The number of nitrogens with zero attached hydrogens (tertiary/aromatic N) is 1. The zero-order valence-corrected chi connectivity index (χ0v) is 13.4. The van der Waals surface area contributed by atoms with E-state index >= 15 is 0 Å². The molecule has 1 aromatic rings. The average molecular weight is 325 g/mol. The molecule has 0 unspecified atom stereocenters. The van der Waals surface area contributed by atoms with Crippen molar-refractivity contribution < 1.29 is 14.3 Å². The molecule has 1 aromatic carbocycles. The second-order valence-electron chi connectivity index (χ2n) is 5.45. The van der Waals surface area contributed by atoms with Gasteiger partial charge in [-0.3, -0.25) is 9.59 Å². The predicted molar refractivity (Wildman–Crippen MR) is 84.7 cm³/mol. The van der Waals surface area contributed by atoms with Gasteiger partial charge in [-0.1, -0.05) is 30.7 Å². The van der Waals surface area contributed by atoms with Crippen LogP contribution in [0.2, 0.25) is 5.02 Å². The number of amides is 2. The van der Waals surface area contributed by atoms with E-state index in [9.17, 15) is 9.59 Å². The first-order valence-corrected chi connectivity index (χ1v) is 7.90. The maximum absolute atomic E-state index is 12.6. The van der Waals surface area contributed by atoms with Gasteiger partial charge in [-0.25, -0.2) is 0 Å². The molecule has 120 valence electrons. The first-order chi connectivity index (χ1) is 10.5. The molecule has 0 spiro atoms. The fourth-order valence-electron chi connectivity index (χ4n) is 2.59. The molecule has 2 amide bonds. The van der Waals surface area contributed by atoms with Gasteiger partial charge in [-0.15, -0.1) is 0 Å². The molecule has 22 heavy (non-hydrogen) atoms. The smallest absolute Gasteiger partial charge is 0.263 e. The third-order valence-electron chi connectivity index (χ3n) is 3.96. The fraction of sp³-hybridized carbons (Fsp3) is 0.500. The Morgan fingerprint density at radius 2 is 2.00 bits per heavy atom. The third-order valence-corrected chi connectivity index (χ3v) is 4.27. The van der Waals surface area contributed by atoms with Crippen molar-refractivity contribution in [2.75, 3.05) is 13.1 Å². The van der Waals surface area contributed by atoms with Gasteiger partial charge in [0, 0.05) is 19.0 Å². The molecule has 1 atom stereocenters. The van der Waals surface area contributed by atoms with E-state index in [2.05, 4.69) is 0 Å². The Hall–Kier alpha value is -1.75. The van der Waals surface area contributed by atoms with Gasteiger partial charge < -0.3 is 15.4 Å². The highest BCUT2D eigenvalue weighted by Crippen LogP contribution is 2.26. The molecular weight excluding hydrogens is 304 g/mol. The Balaban J connectivity index is 1.98. The topological polar surface area (TPSA) is 72.6 Å². The highest BCUT2D eigenvalue weighted by Gasteiger charge is 2.30. The Bertz CT molecular complexity index is 542. The normalized spacial score (nSPS) is 17.1. The Morgan fingerprint density at radius 3 is 2.55 bits per heavy atom. The number of hydrogen-bond acceptors (Lipinski definition) is 3. The van der Waals surface area contributed by atoms with Crippen molar-refractivity contribution >= 4 is 23.4 Å². The minimum absolute atomic E-state index is 0.0645. The highest BCUT2D eigenvalue weighted by atomic mass is 35.5. The summed E-state index contributed by atoms with van der Waals surface area (Å²) in [6.07, 6.45) is 1.22. The lowest BCUT2D eigenvalue weighted by Crippen LogP contribution is -2.47. The molecular formula is C16H21ClN2O3. The molecule has 5 nitrogen and oxygen atoms in total. The molecule has 2 N–H and O–H groups in total. The minimum atomic E-state index is -0.565. The SMILES string of the molecule is CC[C@H](Oc1ccccc1Cl)C(=O)N1CCC(C(N)=O)CC1. The van der Waals surface area contributed by atoms with Crippen LogP contribution in [0, 0.1) is 5.92 Å². The second-order valence-corrected chi connectivity index (χ2v) is 5.85. The van der Waals surface area contributed by atoms with Gasteiger partial charge >= 0.3 is 0 Å². The van der Waals surface area contributed by atoms with Gasteiger partial charge in [0.15, 0.2) is 6.10 Å². The second kappa shape index (κ2) is 7.49. The fourth-order valence-corrected chi connectivity index (χ4v) is 2.77. The van der Waals surface area contributed by atoms with Gasteiger partial charge in [0.05, 0.1) is 5.02 Å². The summed E-state index contributed by atoms with van der Waals surface area (Å²) < 4.78 is 5.77. The summed E-state index contributed by atoms with van der Waals surface area (Å²) in [4.78, 5) is 25.5. The predicted octanol–water partition coefficient (Wildman–Crippen LogP) is 2.22. The van der Waals surface area contributed by atoms with Crippen LogP contribution in [0.5, 0.6) is 5.75 Å². The van der Waals surface area contributed by atoms with E-state index in [0.29, 0.717) is 43.1 Å². The van der Waals surface area contributed by atoms with Crippen LogP contribution in [0.15, 0.2) is 24.3 Å². The molecule has 1 saturated heterocycles. The molecule has 0 aromatic heterocycles. The lowest BCUT2D eigenvalue weighted by molar-refractivity contribution is -0.141. The number of carbonyl (C=O) groups excluding carboxylic acids is 2. The summed E-state index contributed by atoms with van der Waals surface area (Å²) in [5, 5.41) is 0.487. The van der Waals surface area contributed by atoms with Gasteiger partial charge in [0.2, 0.25) is 5.91 Å². The maximum Gasteiger partial charge on any atom is 0.263 e. The van der Waals surface area contributed by atoms with E-state index in [0.717, 1.165) is 0 Å². The summed E-state index contributed by atoms with van der Waals surface area (Å²) >= 11 is 6.07. The van der Waals surface area contributed by atoms with Crippen LogP contribution in [0.1, 0.15) is 26.2 Å². The number of benzene rings is 1. The summed E-state index contributed by atoms with van der Waals surface area (Å²) in [5.41, 5.74) is 5.31. The zero-order valence-electron chi connectivity index (χ0n) is 12.6. The van der Waals surface area contributed by atoms with E-state index in [1.54, 1.807) is 17.0 Å². The van der Waals surface area contributed by atoms with Crippen LogP contribution in [-0.4, -0.2) is 35.9 Å². The van der Waals surface area contributed by atoms with Gasteiger partial charge in [-0.05, 0) is 31.4 Å².